The van der Waals surface area contributed by atoms with E-state index < -0.39 is 0 Å². The molecule has 0 bridgehead atoms. The Balaban J connectivity index is 1.95. The molecule has 0 aromatic carbocycles. The summed E-state index contributed by atoms with van der Waals surface area (Å²) in [5, 5.41) is 3.43. The van der Waals surface area contributed by atoms with E-state index in [0.717, 1.165) is 15.9 Å². The van der Waals surface area contributed by atoms with Gasteiger partial charge in [-0.15, -0.1) is 0 Å². The van der Waals surface area contributed by atoms with Crippen LogP contribution in [0.3, 0.4) is 0 Å². The van der Waals surface area contributed by atoms with Crippen LogP contribution in [0.1, 0.15) is 19.3 Å². The van der Waals surface area contributed by atoms with Gasteiger partial charge in [-0.3, -0.25) is 0 Å². The van der Waals surface area contributed by atoms with Crippen molar-refractivity contribution < 1.29 is 0 Å². The standard InChI is InChI=1S/C10H14IN3S/c1-15-10(3-2-4-10)6-13-9-8(11)5-12-7-14-9/h5,7H,2-4,6H2,1H3,(H,12,13,14). The maximum absolute atomic E-state index is 4.24. The maximum atomic E-state index is 4.24. The molecule has 82 valence electrons. The van der Waals surface area contributed by atoms with Gasteiger partial charge >= 0.3 is 0 Å². The van der Waals surface area contributed by atoms with Crippen LogP contribution >= 0.6 is 34.4 Å². The monoisotopic (exact) mass is 335 g/mol. The molecule has 1 fully saturated rings. The third-order valence-electron chi connectivity index (χ3n) is 2.94. The summed E-state index contributed by atoms with van der Waals surface area (Å²) in [7, 11) is 0. The highest BCUT2D eigenvalue weighted by Crippen LogP contribution is 2.42. The summed E-state index contributed by atoms with van der Waals surface area (Å²) < 4.78 is 1.54. The highest BCUT2D eigenvalue weighted by atomic mass is 127. The van der Waals surface area contributed by atoms with E-state index in [1.807, 2.05) is 18.0 Å². The predicted molar refractivity (Wildman–Crippen MR) is 73.3 cm³/mol. The van der Waals surface area contributed by atoms with Crippen LogP contribution in [-0.2, 0) is 0 Å². The molecule has 0 spiro atoms. The highest BCUT2D eigenvalue weighted by Gasteiger charge is 2.35. The van der Waals surface area contributed by atoms with Crippen molar-refractivity contribution in [2.24, 2.45) is 0 Å². The molecule has 2 rings (SSSR count). The summed E-state index contributed by atoms with van der Waals surface area (Å²) in [5.41, 5.74) is 0. The Bertz CT molecular complexity index is 336. The lowest BCUT2D eigenvalue weighted by atomic mass is 9.84. The first-order chi connectivity index (χ1) is 7.26. The number of nitrogens with one attached hydrogen (secondary N) is 1. The molecule has 1 N–H and O–H groups in total. The van der Waals surface area contributed by atoms with Crippen molar-refractivity contribution >= 4 is 40.2 Å². The third kappa shape index (κ3) is 2.55. The normalized spacial score (nSPS) is 18.3. The van der Waals surface area contributed by atoms with E-state index in [2.05, 4.69) is 44.1 Å². The molecule has 0 aliphatic heterocycles. The largest absolute Gasteiger partial charge is 0.368 e. The second kappa shape index (κ2) is 4.86. The molecule has 3 nitrogen and oxygen atoms in total. The van der Waals surface area contributed by atoms with Crippen molar-refractivity contribution in [1.82, 2.24) is 9.97 Å². The van der Waals surface area contributed by atoms with E-state index >= 15 is 0 Å². The van der Waals surface area contributed by atoms with E-state index in [4.69, 9.17) is 0 Å². The molecular weight excluding hydrogens is 321 g/mol. The quantitative estimate of drug-likeness (QED) is 0.859. The number of nitrogens with zero attached hydrogens (tertiary/aromatic N) is 2. The van der Waals surface area contributed by atoms with E-state index in [-0.39, 0.29) is 0 Å². The zero-order valence-electron chi connectivity index (χ0n) is 8.66. The van der Waals surface area contributed by atoms with Crippen LogP contribution in [0.25, 0.3) is 0 Å². The van der Waals surface area contributed by atoms with Crippen molar-refractivity contribution in [2.45, 2.75) is 24.0 Å². The molecule has 1 heterocycles. The molecule has 0 unspecified atom stereocenters. The van der Waals surface area contributed by atoms with Gasteiger partial charge in [-0.05, 0) is 41.7 Å². The minimum absolute atomic E-state index is 0.452. The van der Waals surface area contributed by atoms with Crippen LogP contribution in [0.2, 0.25) is 0 Å². The van der Waals surface area contributed by atoms with Crippen LogP contribution in [-0.4, -0.2) is 27.5 Å². The lowest BCUT2D eigenvalue weighted by molar-refractivity contribution is 0.379. The van der Waals surface area contributed by atoms with Crippen molar-refractivity contribution in [1.29, 1.82) is 0 Å². The van der Waals surface area contributed by atoms with E-state index in [1.165, 1.54) is 19.3 Å². The highest BCUT2D eigenvalue weighted by molar-refractivity contribution is 14.1. The fourth-order valence-corrected chi connectivity index (χ4v) is 3.12. The van der Waals surface area contributed by atoms with Gasteiger partial charge in [-0.2, -0.15) is 11.8 Å². The smallest absolute Gasteiger partial charge is 0.142 e. The molecular formula is C10H14IN3S. The van der Waals surface area contributed by atoms with Gasteiger partial charge in [0.05, 0.1) is 3.57 Å². The zero-order valence-corrected chi connectivity index (χ0v) is 11.6. The predicted octanol–water partition coefficient (Wildman–Crippen LogP) is 2.78. The van der Waals surface area contributed by atoms with E-state index in [9.17, 15) is 0 Å². The van der Waals surface area contributed by atoms with Crippen LogP contribution < -0.4 is 5.32 Å². The number of halogens is 1. The number of rotatable bonds is 4. The van der Waals surface area contributed by atoms with Crippen LogP contribution in [0, 0.1) is 3.57 Å². The Morgan fingerprint density at radius 3 is 2.93 bits per heavy atom. The van der Waals surface area contributed by atoms with Gasteiger partial charge in [-0.25, -0.2) is 9.97 Å². The van der Waals surface area contributed by atoms with Gasteiger partial charge in [0.1, 0.15) is 12.1 Å². The summed E-state index contributed by atoms with van der Waals surface area (Å²) >= 11 is 4.24. The minimum atomic E-state index is 0.452. The number of hydrogen-bond acceptors (Lipinski definition) is 4. The van der Waals surface area contributed by atoms with Crippen molar-refractivity contribution in [2.75, 3.05) is 18.1 Å². The molecule has 0 saturated heterocycles. The molecule has 1 aromatic heterocycles. The second-order valence-electron chi connectivity index (χ2n) is 3.81. The fourth-order valence-electron chi connectivity index (χ4n) is 1.71. The number of anilines is 1. The topological polar surface area (TPSA) is 37.8 Å². The molecule has 0 atom stereocenters. The Morgan fingerprint density at radius 2 is 2.40 bits per heavy atom. The van der Waals surface area contributed by atoms with Crippen molar-refractivity contribution in [3.05, 3.63) is 16.1 Å². The van der Waals surface area contributed by atoms with Crippen molar-refractivity contribution in [3.8, 4) is 0 Å². The minimum Gasteiger partial charge on any atom is -0.368 e. The average Bonchev–Trinajstić information content (AvgIpc) is 2.19. The fraction of sp³-hybridized carbons (Fsp3) is 0.600. The number of hydrogen-bond donors (Lipinski definition) is 1. The van der Waals surface area contributed by atoms with Gasteiger partial charge in [-0.1, -0.05) is 6.42 Å². The molecule has 1 aromatic rings. The Labute approximate surface area is 108 Å². The first-order valence-electron chi connectivity index (χ1n) is 5.00. The van der Waals surface area contributed by atoms with Crippen molar-refractivity contribution in [3.63, 3.8) is 0 Å². The van der Waals surface area contributed by atoms with Gasteiger partial charge < -0.3 is 5.32 Å². The summed E-state index contributed by atoms with van der Waals surface area (Å²) in [6.07, 6.45) is 9.64. The van der Waals surface area contributed by atoms with Gasteiger partial charge in [0, 0.05) is 17.5 Å². The maximum Gasteiger partial charge on any atom is 0.142 e. The molecule has 5 heteroatoms. The molecule has 1 aliphatic carbocycles. The van der Waals surface area contributed by atoms with Crippen LogP contribution in [0.4, 0.5) is 5.82 Å². The summed E-state index contributed by atoms with van der Waals surface area (Å²) in [5.74, 6) is 0.964. The first-order valence-corrected chi connectivity index (χ1v) is 7.31. The van der Waals surface area contributed by atoms with Crippen LogP contribution in [0.15, 0.2) is 12.5 Å². The summed E-state index contributed by atoms with van der Waals surface area (Å²) in [4.78, 5) is 8.21. The number of thioether (sulfide) groups is 1. The zero-order chi connectivity index (χ0) is 10.7. The molecule has 15 heavy (non-hydrogen) atoms. The Kier molecular flexibility index (Phi) is 3.71. The van der Waals surface area contributed by atoms with E-state index in [1.54, 1.807) is 6.33 Å². The summed E-state index contributed by atoms with van der Waals surface area (Å²) in [6.45, 7) is 1.02. The summed E-state index contributed by atoms with van der Waals surface area (Å²) in [6, 6.07) is 0. The second-order valence-corrected chi connectivity index (χ2v) is 6.25. The Hall–Kier alpha value is -0.0400. The third-order valence-corrected chi connectivity index (χ3v) is 5.15. The van der Waals surface area contributed by atoms with Gasteiger partial charge in [0.2, 0.25) is 0 Å². The average molecular weight is 335 g/mol. The van der Waals surface area contributed by atoms with Gasteiger partial charge in [0.25, 0.3) is 0 Å². The Morgan fingerprint density at radius 1 is 1.60 bits per heavy atom. The SMILES string of the molecule is CSC1(CNc2ncncc2I)CCC1. The number of aromatic nitrogens is 2. The lowest BCUT2D eigenvalue weighted by Gasteiger charge is -2.40. The lowest BCUT2D eigenvalue weighted by Crippen LogP contribution is -2.40. The van der Waals surface area contributed by atoms with Gasteiger partial charge in [0.15, 0.2) is 0 Å². The van der Waals surface area contributed by atoms with Crippen LogP contribution in [0.5, 0.6) is 0 Å². The first kappa shape index (κ1) is 11.4. The van der Waals surface area contributed by atoms with E-state index in [0.29, 0.717) is 4.75 Å². The molecule has 0 amide bonds. The molecule has 1 aliphatic rings. The molecule has 0 radical (unpaired) electrons. The molecule has 1 saturated carbocycles.